The molecule has 3 atom stereocenters. The number of ether oxygens (including phenoxy) is 6. The first-order valence-corrected chi connectivity index (χ1v) is 9.73. The molecule has 0 unspecified atom stereocenters. The Morgan fingerprint density at radius 1 is 1.03 bits per heavy atom. The van der Waals surface area contributed by atoms with Crippen LogP contribution in [-0.4, -0.2) is 50.9 Å². The first kappa shape index (κ1) is 23.7. The lowest BCUT2D eigenvalue weighted by Crippen LogP contribution is -2.43. The molecule has 0 aliphatic carbocycles. The predicted octanol–water partition coefficient (Wildman–Crippen LogP) is 2.85. The van der Waals surface area contributed by atoms with Gasteiger partial charge in [0.15, 0.2) is 6.10 Å². The Balaban J connectivity index is 2.59. The third-order valence-electron chi connectivity index (χ3n) is 4.08. The SMILES string of the molecule is COc1ccc(Br)c(OC)c1[C@@H]1C=C(OC(C)=O)[C@H](OC(C)=O)[C@@H](COC(C)=O)O1. The van der Waals surface area contributed by atoms with E-state index >= 15 is 0 Å². The number of carbonyl (C=O) groups excluding carboxylic acids is 3. The Kier molecular flexibility index (Phi) is 8.24. The highest BCUT2D eigenvalue weighted by molar-refractivity contribution is 9.10. The van der Waals surface area contributed by atoms with Crippen LogP contribution in [0.1, 0.15) is 32.4 Å². The molecular formula is C20H23BrO9. The number of halogens is 1. The van der Waals surface area contributed by atoms with Crippen LogP contribution in [0.4, 0.5) is 0 Å². The highest BCUT2D eigenvalue weighted by atomic mass is 79.9. The molecule has 2 rings (SSSR count). The molecule has 0 fully saturated rings. The zero-order chi connectivity index (χ0) is 22.4. The monoisotopic (exact) mass is 486 g/mol. The number of esters is 3. The molecule has 0 saturated carbocycles. The van der Waals surface area contributed by atoms with Crippen molar-refractivity contribution in [1.82, 2.24) is 0 Å². The fourth-order valence-corrected chi connectivity index (χ4v) is 3.49. The van der Waals surface area contributed by atoms with Crippen LogP contribution in [0, 0.1) is 0 Å². The van der Waals surface area contributed by atoms with Gasteiger partial charge >= 0.3 is 17.9 Å². The average Bonchev–Trinajstić information content (AvgIpc) is 2.66. The number of methoxy groups -OCH3 is 2. The van der Waals surface area contributed by atoms with Crippen molar-refractivity contribution >= 4 is 33.8 Å². The number of rotatable bonds is 7. The van der Waals surface area contributed by atoms with E-state index < -0.39 is 36.2 Å². The van der Waals surface area contributed by atoms with Crippen molar-refractivity contribution in [3.63, 3.8) is 0 Å². The van der Waals surface area contributed by atoms with Crippen molar-refractivity contribution in [3.8, 4) is 11.5 Å². The van der Waals surface area contributed by atoms with E-state index in [0.29, 0.717) is 21.5 Å². The molecule has 1 heterocycles. The normalized spacial score (nSPS) is 20.6. The van der Waals surface area contributed by atoms with Crippen molar-refractivity contribution in [2.75, 3.05) is 20.8 Å². The molecule has 30 heavy (non-hydrogen) atoms. The molecule has 1 aliphatic heterocycles. The van der Waals surface area contributed by atoms with E-state index in [1.54, 1.807) is 12.1 Å². The minimum Gasteiger partial charge on any atom is -0.496 e. The Bertz CT molecular complexity index is 849. The molecular weight excluding hydrogens is 464 g/mol. The van der Waals surface area contributed by atoms with Gasteiger partial charge in [0.2, 0.25) is 0 Å². The molecule has 10 heteroatoms. The Labute approximate surface area is 182 Å². The minimum atomic E-state index is -1.09. The summed E-state index contributed by atoms with van der Waals surface area (Å²) in [6.45, 7) is 3.43. The summed E-state index contributed by atoms with van der Waals surface area (Å²) in [7, 11) is 2.98. The van der Waals surface area contributed by atoms with Gasteiger partial charge in [-0.15, -0.1) is 0 Å². The third-order valence-corrected chi connectivity index (χ3v) is 4.70. The molecule has 1 aromatic rings. The van der Waals surface area contributed by atoms with Crippen LogP contribution in [0.3, 0.4) is 0 Å². The fourth-order valence-electron chi connectivity index (χ4n) is 2.98. The van der Waals surface area contributed by atoms with Crippen LogP contribution in [-0.2, 0) is 33.3 Å². The predicted molar refractivity (Wildman–Crippen MR) is 107 cm³/mol. The summed E-state index contributed by atoms with van der Waals surface area (Å²) in [5.41, 5.74) is 0.508. The maximum atomic E-state index is 11.7. The molecule has 0 spiro atoms. The Morgan fingerprint density at radius 3 is 2.27 bits per heavy atom. The summed E-state index contributed by atoms with van der Waals surface area (Å²) in [6, 6.07) is 3.46. The van der Waals surface area contributed by atoms with Crippen molar-refractivity contribution in [3.05, 3.63) is 34.0 Å². The van der Waals surface area contributed by atoms with Crippen molar-refractivity contribution in [1.29, 1.82) is 0 Å². The van der Waals surface area contributed by atoms with Gasteiger partial charge in [-0.3, -0.25) is 14.4 Å². The highest BCUT2D eigenvalue weighted by Gasteiger charge is 2.40. The topological polar surface area (TPSA) is 107 Å². The minimum absolute atomic E-state index is 0.0511. The highest BCUT2D eigenvalue weighted by Crippen LogP contribution is 2.44. The standard InChI is InChI=1S/C20H23BrO9/c1-10(22)27-9-17-20(29-12(3)24)16(28-11(2)23)8-15(30-17)18-14(25-4)7-6-13(21)19(18)26-5/h6-8,15,17,20H,9H2,1-5H3/t15-,17+,20-/m0/s1. The molecule has 1 aromatic carbocycles. The van der Waals surface area contributed by atoms with Gasteiger partial charge in [0.25, 0.3) is 0 Å². The van der Waals surface area contributed by atoms with E-state index in [2.05, 4.69) is 15.9 Å². The molecule has 0 radical (unpaired) electrons. The maximum Gasteiger partial charge on any atom is 0.307 e. The number of hydrogen-bond donors (Lipinski definition) is 0. The molecule has 0 aromatic heterocycles. The van der Waals surface area contributed by atoms with Crippen LogP contribution in [0.2, 0.25) is 0 Å². The van der Waals surface area contributed by atoms with E-state index in [4.69, 9.17) is 28.4 Å². The fraction of sp³-hybridized carbons (Fsp3) is 0.450. The molecule has 164 valence electrons. The van der Waals surface area contributed by atoms with E-state index in [-0.39, 0.29) is 12.4 Å². The lowest BCUT2D eigenvalue weighted by Gasteiger charge is -2.35. The van der Waals surface area contributed by atoms with Gasteiger partial charge in [0, 0.05) is 20.8 Å². The quantitative estimate of drug-likeness (QED) is 0.424. The summed E-state index contributed by atoms with van der Waals surface area (Å²) < 4.78 is 33.3. The van der Waals surface area contributed by atoms with E-state index in [1.165, 1.54) is 41.1 Å². The smallest absolute Gasteiger partial charge is 0.307 e. The third kappa shape index (κ3) is 5.73. The summed E-state index contributed by atoms with van der Waals surface area (Å²) in [6.07, 6.45) is -1.37. The van der Waals surface area contributed by atoms with Crippen LogP contribution < -0.4 is 9.47 Å². The zero-order valence-electron chi connectivity index (χ0n) is 17.2. The van der Waals surface area contributed by atoms with Crippen molar-refractivity contribution in [2.24, 2.45) is 0 Å². The lowest BCUT2D eigenvalue weighted by molar-refractivity contribution is -0.173. The summed E-state index contributed by atoms with van der Waals surface area (Å²) >= 11 is 3.42. The molecule has 0 N–H and O–H groups in total. The Hall–Kier alpha value is -2.59. The van der Waals surface area contributed by atoms with Crippen molar-refractivity contribution in [2.45, 2.75) is 39.1 Å². The van der Waals surface area contributed by atoms with Crippen LogP contribution in [0.5, 0.6) is 11.5 Å². The lowest BCUT2D eigenvalue weighted by atomic mass is 9.99. The van der Waals surface area contributed by atoms with E-state index in [0.717, 1.165) is 0 Å². The second kappa shape index (κ2) is 10.4. The largest absolute Gasteiger partial charge is 0.496 e. The van der Waals surface area contributed by atoms with E-state index in [1.807, 2.05) is 0 Å². The first-order valence-electron chi connectivity index (χ1n) is 8.94. The van der Waals surface area contributed by atoms with Gasteiger partial charge in [-0.25, -0.2) is 0 Å². The summed E-state index contributed by atoms with van der Waals surface area (Å²) in [5, 5.41) is 0. The van der Waals surface area contributed by atoms with Gasteiger partial charge < -0.3 is 28.4 Å². The number of hydrogen-bond acceptors (Lipinski definition) is 9. The molecule has 0 bridgehead atoms. The van der Waals surface area contributed by atoms with Gasteiger partial charge in [0.1, 0.15) is 36.1 Å². The number of benzene rings is 1. The molecule has 0 saturated heterocycles. The van der Waals surface area contributed by atoms with Crippen molar-refractivity contribution < 1.29 is 42.8 Å². The van der Waals surface area contributed by atoms with Gasteiger partial charge in [0.05, 0.1) is 24.3 Å². The van der Waals surface area contributed by atoms with Gasteiger partial charge in [-0.1, -0.05) is 0 Å². The summed E-state index contributed by atoms with van der Waals surface area (Å²) in [4.78, 5) is 34.6. The second-order valence-electron chi connectivity index (χ2n) is 6.29. The van der Waals surface area contributed by atoms with Crippen LogP contribution >= 0.6 is 15.9 Å². The Morgan fingerprint density at radius 2 is 1.73 bits per heavy atom. The molecule has 1 aliphatic rings. The number of carbonyl (C=O) groups is 3. The van der Waals surface area contributed by atoms with Crippen LogP contribution in [0.25, 0.3) is 0 Å². The zero-order valence-corrected chi connectivity index (χ0v) is 18.8. The molecule has 0 amide bonds. The summed E-state index contributed by atoms with van der Waals surface area (Å²) in [5.74, 6) is -0.831. The van der Waals surface area contributed by atoms with Gasteiger partial charge in [-0.2, -0.15) is 0 Å². The molecule has 9 nitrogen and oxygen atoms in total. The van der Waals surface area contributed by atoms with Gasteiger partial charge in [-0.05, 0) is 34.1 Å². The second-order valence-corrected chi connectivity index (χ2v) is 7.14. The first-order chi connectivity index (χ1) is 14.2. The van der Waals surface area contributed by atoms with E-state index in [9.17, 15) is 14.4 Å². The maximum absolute atomic E-state index is 11.7. The van der Waals surface area contributed by atoms with Crippen LogP contribution in [0.15, 0.2) is 28.4 Å². The average molecular weight is 487 g/mol.